The highest BCUT2D eigenvalue weighted by molar-refractivity contribution is 5.84. The fraction of sp³-hybridized carbons (Fsp3) is 0.929. The molecule has 1 aliphatic heterocycles. The molecule has 0 aromatic rings. The van der Waals surface area contributed by atoms with E-state index >= 15 is 0 Å². The van der Waals surface area contributed by atoms with Gasteiger partial charge in [0.1, 0.15) is 0 Å². The second kappa shape index (κ2) is 6.02. The Labute approximate surface area is 111 Å². The minimum atomic E-state index is -0.578. The van der Waals surface area contributed by atoms with E-state index in [1.54, 1.807) is 7.05 Å². The van der Waals surface area contributed by atoms with E-state index in [2.05, 4.69) is 24.1 Å². The first-order chi connectivity index (χ1) is 8.35. The maximum Gasteiger partial charge on any atom is 0.237 e. The molecule has 1 atom stereocenters. The van der Waals surface area contributed by atoms with E-state index in [0.717, 1.165) is 26.1 Å². The SMILES string of the molecule is CCC1(C)CCN(CCC(C)(NC)C(N)=O)CC1. The predicted octanol–water partition coefficient (Wildman–Crippen LogP) is 1.35. The molecule has 1 unspecified atom stereocenters. The summed E-state index contributed by atoms with van der Waals surface area (Å²) in [7, 11) is 1.80. The van der Waals surface area contributed by atoms with Crippen LogP contribution in [0.2, 0.25) is 0 Å². The number of nitrogens with two attached hydrogens (primary N) is 1. The van der Waals surface area contributed by atoms with Gasteiger partial charge in [0.2, 0.25) is 5.91 Å². The molecule has 1 fully saturated rings. The monoisotopic (exact) mass is 255 g/mol. The molecule has 0 radical (unpaired) electrons. The van der Waals surface area contributed by atoms with E-state index in [1.807, 2.05) is 6.92 Å². The van der Waals surface area contributed by atoms with Gasteiger partial charge in [-0.05, 0) is 51.7 Å². The van der Waals surface area contributed by atoms with Crippen LogP contribution in [0.3, 0.4) is 0 Å². The van der Waals surface area contributed by atoms with Crippen LogP contribution in [0.25, 0.3) is 0 Å². The molecule has 18 heavy (non-hydrogen) atoms. The highest BCUT2D eigenvalue weighted by atomic mass is 16.1. The first-order valence-electron chi connectivity index (χ1n) is 7.06. The number of rotatable bonds is 6. The summed E-state index contributed by atoms with van der Waals surface area (Å²) in [6.45, 7) is 9.77. The molecule has 3 N–H and O–H groups in total. The van der Waals surface area contributed by atoms with Gasteiger partial charge in [-0.3, -0.25) is 4.79 Å². The number of carbonyl (C=O) groups is 1. The van der Waals surface area contributed by atoms with Gasteiger partial charge in [0.25, 0.3) is 0 Å². The van der Waals surface area contributed by atoms with Crippen molar-refractivity contribution in [3.05, 3.63) is 0 Å². The van der Waals surface area contributed by atoms with E-state index in [1.165, 1.54) is 19.3 Å². The lowest BCUT2D eigenvalue weighted by Crippen LogP contribution is -2.53. The van der Waals surface area contributed by atoms with Crippen LogP contribution in [0.1, 0.15) is 46.5 Å². The van der Waals surface area contributed by atoms with Crippen LogP contribution < -0.4 is 11.1 Å². The topological polar surface area (TPSA) is 58.4 Å². The van der Waals surface area contributed by atoms with Crippen molar-refractivity contribution in [1.29, 1.82) is 0 Å². The zero-order chi connectivity index (χ0) is 13.8. The quantitative estimate of drug-likeness (QED) is 0.753. The highest BCUT2D eigenvalue weighted by Gasteiger charge is 2.32. The van der Waals surface area contributed by atoms with Crippen LogP contribution in [-0.4, -0.2) is 43.0 Å². The predicted molar refractivity (Wildman–Crippen MR) is 75.3 cm³/mol. The molecule has 0 spiro atoms. The van der Waals surface area contributed by atoms with Crippen molar-refractivity contribution in [2.45, 2.75) is 52.0 Å². The summed E-state index contributed by atoms with van der Waals surface area (Å²) >= 11 is 0. The van der Waals surface area contributed by atoms with Gasteiger partial charge in [0.05, 0.1) is 5.54 Å². The summed E-state index contributed by atoms with van der Waals surface area (Å²) in [6.07, 6.45) is 4.56. The lowest BCUT2D eigenvalue weighted by molar-refractivity contribution is -0.124. The summed E-state index contributed by atoms with van der Waals surface area (Å²) in [5, 5.41) is 3.04. The molecule has 0 saturated carbocycles. The van der Waals surface area contributed by atoms with Crippen molar-refractivity contribution >= 4 is 5.91 Å². The minimum absolute atomic E-state index is 0.264. The minimum Gasteiger partial charge on any atom is -0.368 e. The summed E-state index contributed by atoms with van der Waals surface area (Å²) in [6, 6.07) is 0. The van der Waals surface area contributed by atoms with Gasteiger partial charge < -0.3 is 16.0 Å². The standard InChI is InChI=1S/C14H29N3O/c1-5-13(2)6-9-17(10-7-13)11-8-14(3,16-4)12(15)18/h16H,5-11H2,1-4H3,(H2,15,18). The van der Waals surface area contributed by atoms with Crippen molar-refractivity contribution in [2.24, 2.45) is 11.1 Å². The Bertz CT molecular complexity index is 285. The number of likely N-dealkylation sites (tertiary alicyclic amines) is 1. The largest absolute Gasteiger partial charge is 0.368 e. The van der Waals surface area contributed by atoms with Gasteiger partial charge in [-0.1, -0.05) is 20.3 Å². The Morgan fingerprint density at radius 1 is 1.44 bits per heavy atom. The average Bonchev–Trinajstić information content (AvgIpc) is 2.37. The number of piperidine rings is 1. The molecule has 4 nitrogen and oxygen atoms in total. The van der Waals surface area contributed by atoms with Crippen molar-refractivity contribution in [1.82, 2.24) is 10.2 Å². The molecular weight excluding hydrogens is 226 g/mol. The zero-order valence-corrected chi connectivity index (χ0v) is 12.4. The third kappa shape index (κ3) is 3.69. The number of primary amides is 1. The van der Waals surface area contributed by atoms with E-state index in [0.29, 0.717) is 5.41 Å². The maximum absolute atomic E-state index is 11.4. The third-order valence-electron chi connectivity index (χ3n) is 4.94. The highest BCUT2D eigenvalue weighted by Crippen LogP contribution is 2.34. The smallest absolute Gasteiger partial charge is 0.237 e. The van der Waals surface area contributed by atoms with E-state index in [4.69, 9.17) is 5.73 Å². The summed E-state index contributed by atoms with van der Waals surface area (Å²) in [5.41, 5.74) is 5.38. The molecule has 0 aromatic carbocycles. The van der Waals surface area contributed by atoms with E-state index in [-0.39, 0.29) is 5.91 Å². The van der Waals surface area contributed by atoms with Crippen molar-refractivity contribution in [2.75, 3.05) is 26.7 Å². The van der Waals surface area contributed by atoms with Crippen LogP contribution in [0.5, 0.6) is 0 Å². The fourth-order valence-corrected chi connectivity index (χ4v) is 2.42. The van der Waals surface area contributed by atoms with Gasteiger partial charge in [-0.2, -0.15) is 0 Å². The Morgan fingerprint density at radius 2 is 2.00 bits per heavy atom. The molecule has 0 aromatic heterocycles. The van der Waals surface area contributed by atoms with Crippen molar-refractivity contribution in [3.8, 4) is 0 Å². The first kappa shape index (κ1) is 15.4. The summed E-state index contributed by atoms with van der Waals surface area (Å²) in [5.74, 6) is -0.264. The lowest BCUT2D eigenvalue weighted by atomic mass is 9.78. The van der Waals surface area contributed by atoms with Gasteiger partial charge >= 0.3 is 0 Å². The Kier molecular flexibility index (Phi) is 5.17. The first-order valence-corrected chi connectivity index (χ1v) is 7.06. The number of amides is 1. The molecule has 1 amide bonds. The van der Waals surface area contributed by atoms with Gasteiger partial charge in [-0.25, -0.2) is 0 Å². The molecule has 0 aliphatic carbocycles. The molecule has 1 heterocycles. The van der Waals surface area contributed by atoms with Crippen molar-refractivity contribution < 1.29 is 4.79 Å². The normalized spacial score (nSPS) is 23.6. The molecule has 106 valence electrons. The Balaban J connectivity index is 2.40. The molecule has 4 heteroatoms. The Morgan fingerprint density at radius 3 is 2.39 bits per heavy atom. The number of nitrogens with one attached hydrogen (secondary N) is 1. The van der Waals surface area contributed by atoms with Crippen LogP contribution >= 0.6 is 0 Å². The molecule has 0 bridgehead atoms. The maximum atomic E-state index is 11.4. The van der Waals surface area contributed by atoms with E-state index in [9.17, 15) is 4.79 Å². The average molecular weight is 255 g/mol. The van der Waals surface area contributed by atoms with Gasteiger partial charge in [0.15, 0.2) is 0 Å². The summed E-state index contributed by atoms with van der Waals surface area (Å²) < 4.78 is 0. The van der Waals surface area contributed by atoms with Gasteiger partial charge in [0, 0.05) is 6.54 Å². The number of nitrogens with zero attached hydrogens (tertiary/aromatic N) is 1. The Hall–Kier alpha value is -0.610. The molecular formula is C14H29N3O. The second-order valence-electron chi connectivity index (χ2n) is 6.20. The lowest BCUT2D eigenvalue weighted by Gasteiger charge is -2.40. The van der Waals surface area contributed by atoms with Crippen molar-refractivity contribution in [3.63, 3.8) is 0 Å². The second-order valence-corrected chi connectivity index (χ2v) is 6.20. The molecule has 1 saturated heterocycles. The number of carbonyl (C=O) groups excluding carboxylic acids is 1. The van der Waals surface area contributed by atoms with Gasteiger partial charge in [-0.15, -0.1) is 0 Å². The van der Waals surface area contributed by atoms with Crippen LogP contribution in [0.4, 0.5) is 0 Å². The fourth-order valence-electron chi connectivity index (χ4n) is 2.42. The molecule has 1 aliphatic rings. The number of hydrogen-bond donors (Lipinski definition) is 2. The molecule has 1 rings (SSSR count). The third-order valence-corrected chi connectivity index (χ3v) is 4.94. The van der Waals surface area contributed by atoms with E-state index < -0.39 is 5.54 Å². The number of hydrogen-bond acceptors (Lipinski definition) is 3. The van der Waals surface area contributed by atoms with Crippen LogP contribution in [0, 0.1) is 5.41 Å². The van der Waals surface area contributed by atoms with Crippen LogP contribution in [-0.2, 0) is 4.79 Å². The zero-order valence-electron chi connectivity index (χ0n) is 12.4. The summed E-state index contributed by atoms with van der Waals surface area (Å²) in [4.78, 5) is 13.9. The number of likely N-dealkylation sites (N-methyl/N-ethyl adjacent to an activating group) is 1. The van der Waals surface area contributed by atoms with Crippen LogP contribution in [0.15, 0.2) is 0 Å².